The van der Waals surface area contributed by atoms with Crippen LogP contribution in [0.4, 0.5) is 0 Å². The molecule has 2 aromatic rings. The number of thiazole rings is 1. The van der Waals surface area contributed by atoms with Crippen molar-refractivity contribution in [3.05, 3.63) is 29.3 Å². The Morgan fingerprint density at radius 3 is 2.65 bits per heavy atom. The van der Waals surface area contributed by atoms with Gasteiger partial charge in [-0.1, -0.05) is 12.1 Å². The standard InChI is InChI=1S/C18H25N3OS/c1-18(2,3)20-16(22)12-21-10-8-13(9-11-21)17-19-14-6-4-5-7-15(14)23-17/h4-7,13H,8-12H2,1-3H3,(H,20,22)/p+1. The van der Waals surface area contributed by atoms with E-state index in [-0.39, 0.29) is 11.4 Å². The van der Waals surface area contributed by atoms with Gasteiger partial charge in [-0.15, -0.1) is 11.3 Å². The molecule has 2 N–H and O–H groups in total. The topological polar surface area (TPSA) is 46.4 Å². The van der Waals surface area contributed by atoms with Crippen molar-refractivity contribution in [1.29, 1.82) is 0 Å². The SMILES string of the molecule is CC(C)(C)NC(=O)C[NH+]1CCC(c2nc3ccccc3s2)CC1. The molecule has 2 heterocycles. The summed E-state index contributed by atoms with van der Waals surface area (Å²) in [4.78, 5) is 18.2. The van der Waals surface area contributed by atoms with E-state index in [0.29, 0.717) is 12.5 Å². The summed E-state index contributed by atoms with van der Waals surface area (Å²) in [7, 11) is 0. The fourth-order valence-corrected chi connectivity index (χ4v) is 4.34. The first-order valence-electron chi connectivity index (χ1n) is 8.41. The molecule has 124 valence electrons. The fourth-order valence-electron chi connectivity index (χ4n) is 3.20. The van der Waals surface area contributed by atoms with Crippen molar-refractivity contribution in [2.75, 3.05) is 19.6 Å². The highest BCUT2D eigenvalue weighted by Crippen LogP contribution is 2.31. The van der Waals surface area contributed by atoms with Crippen molar-refractivity contribution in [3.8, 4) is 0 Å². The molecular formula is C18H26N3OS+. The van der Waals surface area contributed by atoms with Gasteiger partial charge in [-0.25, -0.2) is 4.98 Å². The third-order valence-corrected chi connectivity index (χ3v) is 5.48. The number of carbonyl (C=O) groups excluding carboxylic acids is 1. The third-order valence-electron chi connectivity index (χ3n) is 4.28. The van der Waals surface area contributed by atoms with Crippen LogP contribution in [-0.4, -0.2) is 36.1 Å². The summed E-state index contributed by atoms with van der Waals surface area (Å²) >= 11 is 1.83. The van der Waals surface area contributed by atoms with E-state index < -0.39 is 0 Å². The molecule has 0 saturated carbocycles. The van der Waals surface area contributed by atoms with Crippen LogP contribution < -0.4 is 10.2 Å². The van der Waals surface area contributed by atoms with E-state index in [4.69, 9.17) is 4.98 Å². The number of amides is 1. The van der Waals surface area contributed by atoms with Crippen molar-refractivity contribution in [2.45, 2.75) is 45.1 Å². The molecule has 1 saturated heterocycles. The second kappa shape index (κ2) is 6.57. The Bertz CT molecular complexity index is 648. The van der Waals surface area contributed by atoms with Crippen molar-refractivity contribution in [3.63, 3.8) is 0 Å². The molecule has 5 heteroatoms. The van der Waals surface area contributed by atoms with Crippen LogP contribution >= 0.6 is 11.3 Å². The minimum atomic E-state index is -0.143. The molecule has 23 heavy (non-hydrogen) atoms. The summed E-state index contributed by atoms with van der Waals surface area (Å²) < 4.78 is 1.28. The van der Waals surface area contributed by atoms with Gasteiger partial charge in [0.25, 0.3) is 5.91 Å². The normalized spacial score (nSPS) is 22.2. The minimum absolute atomic E-state index is 0.143. The van der Waals surface area contributed by atoms with Gasteiger partial charge < -0.3 is 10.2 Å². The molecule has 1 aliphatic rings. The number of piperidine rings is 1. The van der Waals surface area contributed by atoms with Gasteiger partial charge in [0, 0.05) is 24.3 Å². The lowest BCUT2D eigenvalue weighted by molar-refractivity contribution is -0.897. The van der Waals surface area contributed by atoms with Gasteiger partial charge in [0.15, 0.2) is 6.54 Å². The first-order valence-corrected chi connectivity index (χ1v) is 9.22. The third kappa shape index (κ3) is 4.30. The molecular weight excluding hydrogens is 306 g/mol. The number of nitrogens with zero attached hydrogens (tertiary/aromatic N) is 1. The zero-order chi connectivity index (χ0) is 16.4. The highest BCUT2D eigenvalue weighted by molar-refractivity contribution is 7.18. The summed E-state index contributed by atoms with van der Waals surface area (Å²) in [6.45, 7) is 8.78. The molecule has 1 amide bonds. The Morgan fingerprint density at radius 2 is 2.00 bits per heavy atom. The molecule has 0 aliphatic carbocycles. The van der Waals surface area contributed by atoms with E-state index in [9.17, 15) is 4.79 Å². The molecule has 0 spiro atoms. The number of aromatic nitrogens is 1. The van der Waals surface area contributed by atoms with Crippen molar-refractivity contribution in [1.82, 2.24) is 10.3 Å². The lowest BCUT2D eigenvalue weighted by atomic mass is 9.97. The number of likely N-dealkylation sites (tertiary alicyclic amines) is 1. The van der Waals surface area contributed by atoms with E-state index in [2.05, 4.69) is 23.5 Å². The molecule has 1 aromatic heterocycles. The fraction of sp³-hybridized carbons (Fsp3) is 0.556. The van der Waals surface area contributed by atoms with Gasteiger partial charge in [0.2, 0.25) is 0 Å². The molecule has 0 radical (unpaired) electrons. The van der Waals surface area contributed by atoms with E-state index in [1.165, 1.54) is 14.6 Å². The number of hydrogen-bond donors (Lipinski definition) is 2. The van der Waals surface area contributed by atoms with Gasteiger partial charge in [-0.2, -0.15) is 0 Å². The van der Waals surface area contributed by atoms with Gasteiger partial charge in [-0.3, -0.25) is 4.79 Å². The molecule has 3 rings (SSSR count). The van der Waals surface area contributed by atoms with Crippen LogP contribution in [0.2, 0.25) is 0 Å². The first-order chi connectivity index (χ1) is 10.9. The summed E-state index contributed by atoms with van der Waals surface area (Å²) in [5.74, 6) is 0.716. The van der Waals surface area contributed by atoms with Gasteiger partial charge >= 0.3 is 0 Å². The minimum Gasteiger partial charge on any atom is -0.347 e. The summed E-state index contributed by atoms with van der Waals surface area (Å²) in [6, 6.07) is 8.36. The van der Waals surface area contributed by atoms with Crippen LogP contribution in [0.1, 0.15) is 44.5 Å². The van der Waals surface area contributed by atoms with Crippen LogP contribution in [0.15, 0.2) is 24.3 Å². The Hall–Kier alpha value is -1.46. The number of rotatable bonds is 3. The van der Waals surface area contributed by atoms with Crippen LogP contribution in [0.5, 0.6) is 0 Å². The number of benzene rings is 1. The predicted octanol–water partition coefficient (Wildman–Crippen LogP) is 1.97. The Morgan fingerprint density at radius 1 is 1.30 bits per heavy atom. The summed E-state index contributed by atoms with van der Waals surface area (Å²) in [5.41, 5.74) is 0.974. The van der Waals surface area contributed by atoms with Crippen LogP contribution in [0.3, 0.4) is 0 Å². The van der Waals surface area contributed by atoms with Crippen LogP contribution in [0, 0.1) is 0 Å². The molecule has 0 bridgehead atoms. The zero-order valence-electron chi connectivity index (χ0n) is 14.2. The van der Waals surface area contributed by atoms with Crippen molar-refractivity contribution >= 4 is 27.5 Å². The number of quaternary nitrogens is 1. The lowest BCUT2D eigenvalue weighted by Crippen LogP contribution is -3.14. The highest BCUT2D eigenvalue weighted by atomic mass is 32.1. The Balaban J connectivity index is 1.55. The molecule has 1 aromatic carbocycles. The maximum atomic E-state index is 12.1. The number of nitrogens with one attached hydrogen (secondary N) is 2. The summed E-state index contributed by atoms with van der Waals surface area (Å²) in [6.07, 6.45) is 2.25. The van der Waals surface area contributed by atoms with Crippen molar-refractivity contribution < 1.29 is 9.69 Å². The molecule has 4 nitrogen and oxygen atoms in total. The van der Waals surface area contributed by atoms with Gasteiger partial charge in [0.05, 0.1) is 28.3 Å². The van der Waals surface area contributed by atoms with Crippen LogP contribution in [-0.2, 0) is 4.79 Å². The second-order valence-corrected chi connectivity index (χ2v) is 8.58. The first kappa shape index (κ1) is 16.4. The second-order valence-electron chi connectivity index (χ2n) is 7.52. The average molecular weight is 332 g/mol. The van der Waals surface area contributed by atoms with Gasteiger partial charge in [0.1, 0.15) is 0 Å². The smallest absolute Gasteiger partial charge is 0.275 e. The van der Waals surface area contributed by atoms with E-state index in [1.807, 2.05) is 38.2 Å². The molecule has 0 atom stereocenters. The Kier molecular flexibility index (Phi) is 4.69. The average Bonchev–Trinajstić information content (AvgIpc) is 2.89. The monoisotopic (exact) mass is 332 g/mol. The van der Waals surface area contributed by atoms with Gasteiger partial charge in [-0.05, 0) is 32.9 Å². The number of para-hydroxylation sites is 1. The highest BCUT2D eigenvalue weighted by Gasteiger charge is 2.27. The predicted molar refractivity (Wildman–Crippen MR) is 95.1 cm³/mol. The quantitative estimate of drug-likeness (QED) is 0.903. The van der Waals surface area contributed by atoms with E-state index >= 15 is 0 Å². The number of fused-ring (bicyclic) bond motifs is 1. The molecule has 0 unspecified atom stereocenters. The Labute approximate surface area is 141 Å². The number of hydrogen-bond acceptors (Lipinski definition) is 3. The van der Waals surface area contributed by atoms with E-state index in [1.54, 1.807) is 0 Å². The maximum absolute atomic E-state index is 12.1. The van der Waals surface area contributed by atoms with Crippen LogP contribution in [0.25, 0.3) is 10.2 Å². The van der Waals surface area contributed by atoms with E-state index in [0.717, 1.165) is 31.4 Å². The molecule has 1 aliphatic heterocycles. The zero-order valence-corrected chi connectivity index (χ0v) is 15.0. The summed E-state index contributed by atoms with van der Waals surface area (Å²) in [5, 5.41) is 4.32. The lowest BCUT2D eigenvalue weighted by Gasteiger charge is -2.29. The maximum Gasteiger partial charge on any atom is 0.275 e. The number of carbonyl (C=O) groups is 1. The largest absolute Gasteiger partial charge is 0.347 e. The van der Waals surface area contributed by atoms with Crippen molar-refractivity contribution in [2.24, 2.45) is 0 Å². The molecule has 1 fully saturated rings.